The molecule has 124 valence electrons. The van der Waals surface area contributed by atoms with E-state index in [-0.39, 0.29) is 0 Å². The normalized spacial score (nSPS) is 18.3. The van der Waals surface area contributed by atoms with E-state index in [4.69, 9.17) is 0 Å². The Morgan fingerprint density at radius 2 is 2.17 bits per heavy atom. The second kappa shape index (κ2) is 6.78. The molecule has 6 nitrogen and oxygen atoms in total. The molecule has 3 aromatic heterocycles. The molecule has 0 spiro atoms. The average Bonchev–Trinajstić information content (AvgIpc) is 3.32. The lowest BCUT2D eigenvalue weighted by Gasteiger charge is -2.14. The number of nitrogens with zero attached hydrogens (tertiary/aromatic N) is 5. The minimum absolute atomic E-state index is 0.656. The van der Waals surface area contributed by atoms with Crippen LogP contribution in [0.15, 0.2) is 30.3 Å². The molecular formula is C17H20N6S. The summed E-state index contributed by atoms with van der Waals surface area (Å²) in [5.41, 5.74) is 4.79. The summed E-state index contributed by atoms with van der Waals surface area (Å²) in [6, 6.07) is 0. The highest BCUT2D eigenvalue weighted by Gasteiger charge is 2.23. The number of aromatic nitrogens is 5. The van der Waals surface area contributed by atoms with Crippen molar-refractivity contribution in [1.29, 1.82) is 0 Å². The number of H-pyrrole nitrogens is 1. The number of rotatable bonds is 5. The van der Waals surface area contributed by atoms with Gasteiger partial charge in [-0.25, -0.2) is 9.97 Å². The molecule has 4 rings (SSSR count). The van der Waals surface area contributed by atoms with Crippen LogP contribution >= 0.6 is 11.3 Å². The topological polar surface area (TPSA) is 70.6 Å². The van der Waals surface area contributed by atoms with Gasteiger partial charge in [0.25, 0.3) is 0 Å². The van der Waals surface area contributed by atoms with E-state index in [0.29, 0.717) is 5.92 Å². The van der Waals surface area contributed by atoms with Crippen LogP contribution in [0.1, 0.15) is 22.7 Å². The van der Waals surface area contributed by atoms with Crippen LogP contribution in [0.3, 0.4) is 0 Å². The summed E-state index contributed by atoms with van der Waals surface area (Å²) in [5, 5.41) is 0. The van der Waals surface area contributed by atoms with E-state index in [2.05, 4.69) is 29.8 Å². The van der Waals surface area contributed by atoms with Gasteiger partial charge in [0, 0.05) is 42.3 Å². The Bertz CT molecular complexity index is 780. The number of nitrogens with one attached hydrogen (secondary N) is 1. The predicted octanol–water partition coefficient (Wildman–Crippen LogP) is 2.70. The van der Waals surface area contributed by atoms with E-state index >= 15 is 0 Å². The fourth-order valence-corrected chi connectivity index (χ4v) is 3.82. The zero-order valence-electron chi connectivity index (χ0n) is 13.6. The van der Waals surface area contributed by atoms with Crippen LogP contribution in [0.4, 0.5) is 0 Å². The fourth-order valence-electron chi connectivity index (χ4n) is 3.18. The van der Waals surface area contributed by atoms with Gasteiger partial charge in [-0.15, -0.1) is 11.3 Å². The molecule has 0 aliphatic carbocycles. The number of thiazole rings is 1. The molecule has 0 aromatic carbocycles. The van der Waals surface area contributed by atoms with E-state index in [1.165, 1.54) is 11.3 Å². The summed E-state index contributed by atoms with van der Waals surface area (Å²) < 4.78 is 0. The standard InChI is InChI=1S/C17H20N6S/c1-12-5-21-17(22-12)16-8-19-14(6-20-16)4-13-2-3-23(9-13)10-15-7-18-11-24-15/h5-8,11,13H,2-4,9-10H2,1H3,(H,21,22). The van der Waals surface area contributed by atoms with Gasteiger partial charge in [-0.3, -0.25) is 14.9 Å². The molecule has 7 heteroatoms. The fraction of sp³-hybridized carbons (Fsp3) is 0.412. The van der Waals surface area contributed by atoms with Crippen molar-refractivity contribution in [2.24, 2.45) is 5.92 Å². The lowest BCUT2D eigenvalue weighted by molar-refractivity contribution is 0.318. The van der Waals surface area contributed by atoms with Crippen LogP contribution < -0.4 is 0 Å². The Kier molecular flexibility index (Phi) is 4.36. The smallest absolute Gasteiger partial charge is 0.157 e. The van der Waals surface area contributed by atoms with Crippen molar-refractivity contribution in [3.05, 3.63) is 46.6 Å². The highest BCUT2D eigenvalue weighted by molar-refractivity contribution is 7.09. The minimum Gasteiger partial charge on any atom is -0.341 e. The number of hydrogen-bond acceptors (Lipinski definition) is 6. The molecule has 0 saturated carbocycles. The second-order valence-corrected chi connectivity index (χ2v) is 7.34. The molecule has 0 amide bonds. The summed E-state index contributed by atoms with van der Waals surface area (Å²) in [7, 11) is 0. The highest BCUT2D eigenvalue weighted by Crippen LogP contribution is 2.23. The first-order valence-electron chi connectivity index (χ1n) is 8.19. The molecule has 0 bridgehead atoms. The zero-order chi connectivity index (χ0) is 16.4. The molecule has 1 fully saturated rings. The van der Waals surface area contributed by atoms with Crippen molar-refractivity contribution in [1.82, 2.24) is 29.8 Å². The SMILES string of the molecule is Cc1cnc(-c2cnc(CC3CCN(Cc4cncs4)C3)cn2)[nH]1. The molecule has 1 unspecified atom stereocenters. The largest absolute Gasteiger partial charge is 0.341 e. The number of aryl methyl sites for hydroxylation is 1. The third kappa shape index (κ3) is 3.52. The molecule has 1 atom stereocenters. The lowest BCUT2D eigenvalue weighted by Crippen LogP contribution is -2.20. The number of hydrogen-bond donors (Lipinski definition) is 1. The number of likely N-dealkylation sites (tertiary alicyclic amines) is 1. The van der Waals surface area contributed by atoms with Gasteiger partial charge in [0.15, 0.2) is 5.82 Å². The van der Waals surface area contributed by atoms with Gasteiger partial charge < -0.3 is 4.98 Å². The summed E-state index contributed by atoms with van der Waals surface area (Å²) in [6.07, 6.45) is 9.69. The molecule has 1 N–H and O–H groups in total. The maximum atomic E-state index is 4.58. The Morgan fingerprint density at radius 1 is 1.21 bits per heavy atom. The summed E-state index contributed by atoms with van der Waals surface area (Å²) in [5.74, 6) is 1.44. The quantitative estimate of drug-likeness (QED) is 0.773. The van der Waals surface area contributed by atoms with Gasteiger partial charge in [-0.1, -0.05) is 0 Å². The summed E-state index contributed by atoms with van der Waals surface area (Å²) >= 11 is 1.73. The molecule has 1 aliphatic rings. The van der Waals surface area contributed by atoms with Gasteiger partial charge in [-0.2, -0.15) is 0 Å². The number of aromatic amines is 1. The second-order valence-electron chi connectivity index (χ2n) is 6.37. The maximum Gasteiger partial charge on any atom is 0.157 e. The zero-order valence-corrected chi connectivity index (χ0v) is 14.5. The Labute approximate surface area is 145 Å². The molecule has 4 heterocycles. The van der Waals surface area contributed by atoms with E-state index in [0.717, 1.165) is 49.0 Å². The van der Waals surface area contributed by atoms with E-state index in [9.17, 15) is 0 Å². The Balaban J connectivity index is 1.34. The van der Waals surface area contributed by atoms with E-state index < -0.39 is 0 Å². The van der Waals surface area contributed by atoms with Gasteiger partial charge in [-0.05, 0) is 32.2 Å². The molecule has 0 radical (unpaired) electrons. The Hall–Kier alpha value is -2.12. The van der Waals surface area contributed by atoms with Crippen molar-refractivity contribution in [2.75, 3.05) is 13.1 Å². The molecule has 24 heavy (non-hydrogen) atoms. The molecular weight excluding hydrogens is 320 g/mol. The molecule has 1 aliphatic heterocycles. The van der Waals surface area contributed by atoms with Crippen molar-refractivity contribution >= 4 is 11.3 Å². The number of imidazole rings is 1. The van der Waals surface area contributed by atoms with Crippen LogP contribution in [0.25, 0.3) is 11.5 Å². The van der Waals surface area contributed by atoms with Crippen LogP contribution in [-0.4, -0.2) is 42.9 Å². The Morgan fingerprint density at radius 3 is 2.88 bits per heavy atom. The van der Waals surface area contributed by atoms with E-state index in [1.54, 1.807) is 17.5 Å². The monoisotopic (exact) mass is 340 g/mol. The average molecular weight is 340 g/mol. The van der Waals surface area contributed by atoms with Crippen molar-refractivity contribution in [3.63, 3.8) is 0 Å². The minimum atomic E-state index is 0.656. The van der Waals surface area contributed by atoms with Crippen LogP contribution in [0, 0.1) is 12.8 Å². The van der Waals surface area contributed by atoms with Crippen molar-refractivity contribution in [2.45, 2.75) is 26.3 Å². The van der Waals surface area contributed by atoms with Gasteiger partial charge >= 0.3 is 0 Å². The third-order valence-electron chi connectivity index (χ3n) is 4.38. The lowest BCUT2D eigenvalue weighted by atomic mass is 10.0. The summed E-state index contributed by atoms with van der Waals surface area (Å²) in [4.78, 5) is 24.6. The maximum absolute atomic E-state index is 4.58. The van der Waals surface area contributed by atoms with Crippen LogP contribution in [-0.2, 0) is 13.0 Å². The highest BCUT2D eigenvalue weighted by atomic mass is 32.1. The van der Waals surface area contributed by atoms with Crippen LogP contribution in [0.5, 0.6) is 0 Å². The van der Waals surface area contributed by atoms with Crippen molar-refractivity contribution < 1.29 is 0 Å². The predicted molar refractivity (Wildman–Crippen MR) is 93.6 cm³/mol. The van der Waals surface area contributed by atoms with Gasteiger partial charge in [0.1, 0.15) is 5.69 Å². The molecule has 3 aromatic rings. The van der Waals surface area contributed by atoms with Crippen LogP contribution in [0.2, 0.25) is 0 Å². The van der Waals surface area contributed by atoms with Crippen molar-refractivity contribution in [3.8, 4) is 11.5 Å². The first kappa shape index (κ1) is 15.4. The summed E-state index contributed by atoms with van der Waals surface area (Å²) in [6.45, 7) is 5.28. The first-order chi connectivity index (χ1) is 11.8. The van der Waals surface area contributed by atoms with Gasteiger partial charge in [0.05, 0.1) is 17.4 Å². The van der Waals surface area contributed by atoms with E-state index in [1.807, 2.05) is 31.0 Å². The van der Waals surface area contributed by atoms with Gasteiger partial charge in [0.2, 0.25) is 0 Å². The first-order valence-corrected chi connectivity index (χ1v) is 9.07. The molecule has 1 saturated heterocycles. The third-order valence-corrected chi connectivity index (χ3v) is 5.15.